The molecule has 0 aliphatic carbocycles. The first-order chi connectivity index (χ1) is 14.4. The predicted octanol–water partition coefficient (Wildman–Crippen LogP) is 3.64. The van der Waals surface area contributed by atoms with E-state index in [4.69, 9.17) is 18.9 Å². The number of nitro groups is 1. The molecule has 9 nitrogen and oxygen atoms in total. The lowest BCUT2D eigenvalue weighted by Gasteiger charge is -2.27. The third-order valence-corrected chi connectivity index (χ3v) is 5.08. The van der Waals surface area contributed by atoms with Crippen LogP contribution in [0.3, 0.4) is 0 Å². The minimum Gasteiger partial charge on any atom is -0.493 e. The zero-order valence-corrected chi connectivity index (χ0v) is 18.1. The Bertz CT molecular complexity index is 951. The van der Waals surface area contributed by atoms with E-state index in [0.29, 0.717) is 25.4 Å². The number of ether oxygens (including phenoxy) is 4. The van der Waals surface area contributed by atoms with Gasteiger partial charge in [-0.2, -0.15) is 0 Å². The van der Waals surface area contributed by atoms with Gasteiger partial charge in [-0.15, -0.1) is 0 Å². The van der Waals surface area contributed by atoms with Crippen molar-refractivity contribution < 1.29 is 28.7 Å². The van der Waals surface area contributed by atoms with Crippen LogP contribution in [0.15, 0.2) is 34.8 Å². The molecule has 0 saturated carbocycles. The fraction of sp³-hybridized carbons (Fsp3) is 0.350. The highest BCUT2D eigenvalue weighted by molar-refractivity contribution is 9.10. The predicted molar refractivity (Wildman–Crippen MR) is 111 cm³/mol. The van der Waals surface area contributed by atoms with E-state index in [1.165, 1.54) is 26.4 Å². The van der Waals surface area contributed by atoms with Crippen LogP contribution >= 0.6 is 15.9 Å². The zero-order chi connectivity index (χ0) is 21.7. The highest BCUT2D eigenvalue weighted by Crippen LogP contribution is 2.37. The summed E-state index contributed by atoms with van der Waals surface area (Å²) in [7, 11) is 2.92. The Kier molecular flexibility index (Phi) is 7.11. The molecule has 0 saturated heterocycles. The van der Waals surface area contributed by atoms with E-state index in [1.54, 1.807) is 0 Å². The van der Waals surface area contributed by atoms with Crippen molar-refractivity contribution >= 4 is 27.5 Å². The summed E-state index contributed by atoms with van der Waals surface area (Å²) in [4.78, 5) is 24.0. The van der Waals surface area contributed by atoms with Crippen molar-refractivity contribution in [3.05, 3.63) is 56.0 Å². The molecule has 0 radical (unpaired) electrons. The molecule has 1 amide bonds. The number of amides is 1. The fourth-order valence-electron chi connectivity index (χ4n) is 3.14. The van der Waals surface area contributed by atoms with Crippen LogP contribution in [0, 0.1) is 10.1 Å². The van der Waals surface area contributed by atoms with Gasteiger partial charge in [-0.3, -0.25) is 14.9 Å². The molecular formula is C20H21BrN2O7. The molecule has 160 valence electrons. The molecule has 0 spiro atoms. The van der Waals surface area contributed by atoms with Gasteiger partial charge in [-0.25, -0.2) is 0 Å². The van der Waals surface area contributed by atoms with Gasteiger partial charge in [0, 0.05) is 29.6 Å². The van der Waals surface area contributed by atoms with E-state index < -0.39 is 10.8 Å². The highest BCUT2D eigenvalue weighted by Gasteiger charge is 2.29. The van der Waals surface area contributed by atoms with Crippen LogP contribution in [-0.4, -0.2) is 44.9 Å². The Morgan fingerprint density at radius 2 is 2.07 bits per heavy atom. The van der Waals surface area contributed by atoms with Gasteiger partial charge < -0.3 is 24.3 Å². The van der Waals surface area contributed by atoms with Crippen LogP contribution in [0.1, 0.15) is 28.4 Å². The van der Waals surface area contributed by atoms with Gasteiger partial charge in [0.15, 0.2) is 11.5 Å². The molecule has 0 fully saturated rings. The first kappa shape index (κ1) is 21.8. The quantitative estimate of drug-likeness (QED) is 0.348. The lowest BCUT2D eigenvalue weighted by molar-refractivity contribution is -0.385. The van der Waals surface area contributed by atoms with Crippen LogP contribution in [0.5, 0.6) is 17.2 Å². The van der Waals surface area contributed by atoms with Gasteiger partial charge in [0.2, 0.25) is 0 Å². The summed E-state index contributed by atoms with van der Waals surface area (Å²) >= 11 is 3.42. The maximum atomic E-state index is 13.0. The van der Waals surface area contributed by atoms with E-state index in [0.717, 1.165) is 10.0 Å². The third kappa shape index (κ3) is 4.82. The first-order valence-electron chi connectivity index (χ1n) is 9.16. The maximum Gasteiger partial charge on any atom is 0.286 e. The molecule has 2 aromatic rings. The molecule has 0 bridgehead atoms. The molecule has 1 aliphatic rings. The number of benzene rings is 2. The van der Waals surface area contributed by atoms with Crippen LogP contribution in [0.4, 0.5) is 5.69 Å². The van der Waals surface area contributed by atoms with E-state index in [-0.39, 0.29) is 35.4 Å². The summed E-state index contributed by atoms with van der Waals surface area (Å²) in [5.41, 5.74) is 0.319. The Morgan fingerprint density at radius 1 is 1.27 bits per heavy atom. The van der Waals surface area contributed by atoms with Crippen molar-refractivity contribution in [1.82, 2.24) is 5.32 Å². The number of rotatable bonds is 8. The van der Waals surface area contributed by atoms with Crippen molar-refractivity contribution in [1.29, 1.82) is 0 Å². The number of carbonyl (C=O) groups is 1. The number of halogens is 1. The number of fused-ring (bicyclic) bond motifs is 1. The summed E-state index contributed by atoms with van der Waals surface area (Å²) in [6, 6.07) is 7.69. The van der Waals surface area contributed by atoms with Gasteiger partial charge in [0.1, 0.15) is 17.9 Å². The number of nitrogens with one attached hydrogen (secondary N) is 1. The third-order valence-electron chi connectivity index (χ3n) is 4.58. The molecule has 1 heterocycles. The molecule has 3 rings (SSSR count). The molecule has 1 N–H and O–H groups in total. The summed E-state index contributed by atoms with van der Waals surface area (Å²) in [5.74, 6) is 0.472. The number of carbonyl (C=O) groups excluding carboxylic acids is 1. The largest absolute Gasteiger partial charge is 0.493 e. The van der Waals surface area contributed by atoms with E-state index in [1.807, 2.05) is 18.2 Å². The Hall–Kier alpha value is -2.85. The average Bonchev–Trinajstić information content (AvgIpc) is 2.73. The van der Waals surface area contributed by atoms with Crippen LogP contribution in [0.2, 0.25) is 0 Å². The number of hydrogen-bond donors (Lipinski definition) is 1. The molecule has 0 aromatic heterocycles. The molecule has 1 aliphatic heterocycles. The summed E-state index contributed by atoms with van der Waals surface area (Å²) < 4.78 is 22.2. The van der Waals surface area contributed by atoms with Crippen molar-refractivity contribution in [3.8, 4) is 17.2 Å². The highest BCUT2D eigenvalue weighted by atomic mass is 79.9. The summed E-state index contributed by atoms with van der Waals surface area (Å²) in [5, 5.41) is 14.5. The van der Waals surface area contributed by atoms with E-state index >= 15 is 0 Å². The molecule has 10 heteroatoms. The van der Waals surface area contributed by atoms with Crippen LogP contribution in [-0.2, 0) is 4.74 Å². The Balaban J connectivity index is 1.90. The minimum absolute atomic E-state index is 0.112. The van der Waals surface area contributed by atoms with Gasteiger partial charge in [-0.05, 0) is 18.2 Å². The number of nitrogens with zero attached hydrogens (tertiary/aromatic N) is 1. The topological polar surface area (TPSA) is 109 Å². The van der Waals surface area contributed by atoms with Gasteiger partial charge in [0.05, 0.1) is 37.4 Å². The van der Waals surface area contributed by atoms with Crippen molar-refractivity contribution in [3.63, 3.8) is 0 Å². The van der Waals surface area contributed by atoms with Crippen molar-refractivity contribution in [2.75, 3.05) is 34.0 Å². The molecular weight excluding hydrogens is 460 g/mol. The molecule has 1 unspecified atom stereocenters. The Labute approximate surface area is 181 Å². The smallest absolute Gasteiger partial charge is 0.286 e. The van der Waals surface area contributed by atoms with Gasteiger partial charge in [-0.1, -0.05) is 15.9 Å². The lowest BCUT2D eigenvalue weighted by Crippen LogP contribution is -2.32. The Morgan fingerprint density at radius 3 is 2.77 bits per heavy atom. The average molecular weight is 481 g/mol. The van der Waals surface area contributed by atoms with Crippen molar-refractivity contribution in [2.45, 2.75) is 12.5 Å². The molecule has 2 aromatic carbocycles. The fourth-order valence-corrected chi connectivity index (χ4v) is 3.52. The standard InChI is InChI=1S/C20H21BrN2O7/c1-27-7-8-30-19-11-16(23(25)26)14(10-18(19)28-2)20(24)22-15-5-6-29-17-4-3-12(21)9-13(15)17/h3-4,9-11,15H,5-8H2,1-2H3,(H,22,24). The van der Waals surface area contributed by atoms with Crippen LogP contribution < -0.4 is 19.5 Å². The van der Waals surface area contributed by atoms with Crippen molar-refractivity contribution in [2.24, 2.45) is 0 Å². The zero-order valence-electron chi connectivity index (χ0n) is 16.5. The van der Waals surface area contributed by atoms with E-state index in [9.17, 15) is 14.9 Å². The second-order valence-electron chi connectivity index (χ2n) is 6.46. The van der Waals surface area contributed by atoms with Gasteiger partial charge >= 0.3 is 0 Å². The van der Waals surface area contributed by atoms with E-state index in [2.05, 4.69) is 21.2 Å². The van der Waals surface area contributed by atoms with Gasteiger partial charge in [0.25, 0.3) is 11.6 Å². The number of hydrogen-bond acceptors (Lipinski definition) is 7. The normalized spacial score (nSPS) is 15.0. The molecule has 1 atom stereocenters. The SMILES string of the molecule is COCCOc1cc([N+](=O)[O-])c(C(=O)NC2CCOc3ccc(Br)cc32)cc1OC. The first-order valence-corrected chi connectivity index (χ1v) is 9.95. The lowest BCUT2D eigenvalue weighted by atomic mass is 10.00. The number of methoxy groups -OCH3 is 2. The molecule has 30 heavy (non-hydrogen) atoms. The monoisotopic (exact) mass is 480 g/mol. The summed E-state index contributed by atoms with van der Waals surface area (Å²) in [6.07, 6.45) is 0.540. The second-order valence-corrected chi connectivity index (χ2v) is 7.38. The number of nitro benzene ring substituents is 1. The maximum absolute atomic E-state index is 13.0. The minimum atomic E-state index is -0.619. The second kappa shape index (κ2) is 9.77. The summed E-state index contributed by atoms with van der Waals surface area (Å²) in [6.45, 7) is 0.915. The van der Waals surface area contributed by atoms with Crippen LogP contribution in [0.25, 0.3) is 0 Å².